The highest BCUT2D eigenvalue weighted by Crippen LogP contribution is 2.17. The first-order chi connectivity index (χ1) is 6.77. The largest absolute Gasteiger partial charge is 0.251 e. The molecule has 3 nitrogen and oxygen atoms in total. The fourth-order valence-electron chi connectivity index (χ4n) is 1.02. The second-order valence-corrected chi connectivity index (χ2v) is 2.96. The van der Waals surface area contributed by atoms with Crippen LogP contribution in [-0.4, -0.2) is 15.2 Å². The van der Waals surface area contributed by atoms with Crippen LogP contribution in [0.4, 0.5) is 4.39 Å². The van der Waals surface area contributed by atoms with Crippen molar-refractivity contribution in [2.75, 3.05) is 0 Å². The van der Waals surface area contributed by atoms with Gasteiger partial charge in [0.25, 0.3) is 0 Å². The minimum Gasteiger partial charge on any atom is -0.251 e. The Morgan fingerprint density at radius 1 is 1.14 bits per heavy atom. The van der Waals surface area contributed by atoms with Crippen LogP contribution >= 0.6 is 11.6 Å². The Hall–Kier alpha value is -1.55. The van der Waals surface area contributed by atoms with E-state index in [1.165, 1.54) is 24.4 Å². The molecule has 0 atom stereocenters. The molecule has 0 unspecified atom stereocenters. The molecule has 0 aliphatic carbocycles. The van der Waals surface area contributed by atoms with Crippen molar-refractivity contribution < 1.29 is 4.39 Å². The Balaban J connectivity index is 2.50. The molecule has 2 heterocycles. The highest BCUT2D eigenvalue weighted by Gasteiger charge is 2.06. The summed E-state index contributed by atoms with van der Waals surface area (Å²) < 4.78 is 13.2. The van der Waals surface area contributed by atoms with Crippen LogP contribution in [0.1, 0.15) is 0 Å². The molecule has 0 amide bonds. The van der Waals surface area contributed by atoms with Gasteiger partial charge in [-0.15, -0.1) is 10.2 Å². The molecule has 0 aliphatic heterocycles. The lowest BCUT2D eigenvalue weighted by Crippen LogP contribution is -1.92. The first-order valence-corrected chi connectivity index (χ1v) is 4.25. The van der Waals surface area contributed by atoms with Crippen molar-refractivity contribution in [2.24, 2.45) is 0 Å². The zero-order valence-corrected chi connectivity index (χ0v) is 7.74. The van der Waals surface area contributed by atoms with Gasteiger partial charge in [0.1, 0.15) is 11.4 Å². The number of pyridine rings is 1. The van der Waals surface area contributed by atoms with Crippen LogP contribution < -0.4 is 0 Å². The van der Waals surface area contributed by atoms with E-state index in [9.17, 15) is 4.39 Å². The van der Waals surface area contributed by atoms with E-state index in [2.05, 4.69) is 15.2 Å². The molecule has 0 radical (unpaired) electrons. The van der Waals surface area contributed by atoms with Crippen molar-refractivity contribution in [1.82, 2.24) is 15.2 Å². The van der Waals surface area contributed by atoms with Crippen LogP contribution in [0.3, 0.4) is 0 Å². The number of hydrogen-bond donors (Lipinski definition) is 0. The van der Waals surface area contributed by atoms with Crippen LogP contribution in [-0.2, 0) is 0 Å². The van der Waals surface area contributed by atoms with E-state index in [1.54, 1.807) is 6.07 Å². The Labute approximate surface area is 84.6 Å². The Morgan fingerprint density at radius 2 is 2.00 bits per heavy atom. The molecule has 0 N–H and O–H groups in total. The normalized spacial score (nSPS) is 10.1. The van der Waals surface area contributed by atoms with E-state index in [1.807, 2.05) is 0 Å². The van der Waals surface area contributed by atoms with E-state index < -0.39 is 5.82 Å². The minimum atomic E-state index is -0.427. The minimum absolute atomic E-state index is 0.177. The molecule has 0 bridgehead atoms. The molecule has 0 aliphatic rings. The summed E-state index contributed by atoms with van der Waals surface area (Å²) in [5, 5.41) is 7.60. The molecule has 5 heteroatoms. The standard InChI is InChI=1S/C9H5ClFN3/c10-8-4-3-7(13-14-8)9-6(11)2-1-5-12-9/h1-5H. The summed E-state index contributed by atoms with van der Waals surface area (Å²) in [5.74, 6) is -0.427. The highest BCUT2D eigenvalue weighted by atomic mass is 35.5. The van der Waals surface area contributed by atoms with Crippen molar-refractivity contribution in [2.45, 2.75) is 0 Å². The Kier molecular flexibility index (Phi) is 2.37. The maximum Gasteiger partial charge on any atom is 0.151 e. The fraction of sp³-hybridized carbons (Fsp3) is 0. The molecule has 0 spiro atoms. The van der Waals surface area contributed by atoms with Gasteiger partial charge in [0.15, 0.2) is 11.0 Å². The van der Waals surface area contributed by atoms with Crippen molar-refractivity contribution >= 4 is 11.6 Å². The first-order valence-electron chi connectivity index (χ1n) is 3.87. The smallest absolute Gasteiger partial charge is 0.151 e. The molecule has 70 valence electrons. The van der Waals surface area contributed by atoms with Gasteiger partial charge in [0, 0.05) is 6.20 Å². The SMILES string of the molecule is Fc1cccnc1-c1ccc(Cl)nn1. The predicted octanol–water partition coefficient (Wildman–Crippen LogP) is 2.33. The van der Waals surface area contributed by atoms with Gasteiger partial charge >= 0.3 is 0 Å². The maximum absolute atomic E-state index is 13.2. The van der Waals surface area contributed by atoms with E-state index in [-0.39, 0.29) is 10.8 Å². The van der Waals surface area contributed by atoms with E-state index >= 15 is 0 Å². The fourth-order valence-corrected chi connectivity index (χ4v) is 1.12. The summed E-state index contributed by atoms with van der Waals surface area (Å²) in [4.78, 5) is 3.86. The Morgan fingerprint density at radius 3 is 2.64 bits per heavy atom. The summed E-state index contributed by atoms with van der Waals surface area (Å²) in [5.41, 5.74) is 0.546. The van der Waals surface area contributed by atoms with Gasteiger partial charge in [0.05, 0.1) is 0 Å². The average Bonchev–Trinajstić information content (AvgIpc) is 2.20. The van der Waals surface area contributed by atoms with Crippen LogP contribution in [0.2, 0.25) is 5.15 Å². The van der Waals surface area contributed by atoms with Crippen molar-refractivity contribution in [3.63, 3.8) is 0 Å². The first kappa shape index (κ1) is 9.02. The molecule has 2 rings (SSSR count). The van der Waals surface area contributed by atoms with Gasteiger partial charge in [-0.3, -0.25) is 4.98 Å². The van der Waals surface area contributed by atoms with Gasteiger partial charge in [0.2, 0.25) is 0 Å². The lowest BCUT2D eigenvalue weighted by atomic mass is 10.2. The monoisotopic (exact) mass is 209 g/mol. The lowest BCUT2D eigenvalue weighted by molar-refractivity contribution is 0.624. The molecule has 2 aromatic heterocycles. The molecule has 2 aromatic rings. The van der Waals surface area contributed by atoms with Crippen molar-refractivity contribution in [3.8, 4) is 11.4 Å². The summed E-state index contributed by atoms with van der Waals surface area (Å²) in [6, 6.07) is 5.94. The third-order valence-electron chi connectivity index (χ3n) is 1.63. The molecule has 14 heavy (non-hydrogen) atoms. The number of rotatable bonds is 1. The second-order valence-electron chi connectivity index (χ2n) is 2.58. The van der Waals surface area contributed by atoms with Crippen LogP contribution in [0.25, 0.3) is 11.4 Å². The number of halogens is 2. The van der Waals surface area contributed by atoms with Crippen molar-refractivity contribution in [3.05, 3.63) is 41.4 Å². The quantitative estimate of drug-likeness (QED) is 0.724. The topological polar surface area (TPSA) is 38.7 Å². The van der Waals surface area contributed by atoms with E-state index in [0.29, 0.717) is 5.69 Å². The second kappa shape index (κ2) is 3.67. The molecule has 0 aromatic carbocycles. The van der Waals surface area contributed by atoms with Gasteiger partial charge in [-0.1, -0.05) is 11.6 Å². The van der Waals surface area contributed by atoms with Gasteiger partial charge in [-0.2, -0.15) is 0 Å². The van der Waals surface area contributed by atoms with Crippen LogP contribution in [0, 0.1) is 5.82 Å². The molecular weight excluding hydrogens is 205 g/mol. The van der Waals surface area contributed by atoms with E-state index in [0.717, 1.165) is 0 Å². The molecule has 0 saturated carbocycles. The summed E-state index contributed by atoms with van der Waals surface area (Å²) in [6.07, 6.45) is 1.49. The van der Waals surface area contributed by atoms with Gasteiger partial charge < -0.3 is 0 Å². The third kappa shape index (κ3) is 1.70. The zero-order chi connectivity index (χ0) is 9.97. The van der Waals surface area contributed by atoms with Crippen molar-refractivity contribution in [1.29, 1.82) is 0 Å². The third-order valence-corrected chi connectivity index (χ3v) is 1.83. The maximum atomic E-state index is 13.2. The Bertz CT molecular complexity index is 444. The molecular formula is C9H5ClFN3. The number of nitrogens with zero attached hydrogens (tertiary/aromatic N) is 3. The van der Waals surface area contributed by atoms with Crippen LogP contribution in [0.15, 0.2) is 30.5 Å². The molecule has 0 saturated heterocycles. The van der Waals surface area contributed by atoms with Gasteiger partial charge in [-0.25, -0.2) is 4.39 Å². The van der Waals surface area contributed by atoms with Gasteiger partial charge in [-0.05, 0) is 24.3 Å². The summed E-state index contributed by atoms with van der Waals surface area (Å²) in [7, 11) is 0. The lowest BCUT2D eigenvalue weighted by Gasteiger charge is -1.99. The van der Waals surface area contributed by atoms with E-state index in [4.69, 9.17) is 11.6 Å². The number of hydrogen-bond acceptors (Lipinski definition) is 3. The average molecular weight is 210 g/mol. The predicted molar refractivity (Wildman–Crippen MR) is 50.2 cm³/mol. The highest BCUT2D eigenvalue weighted by molar-refractivity contribution is 6.29. The zero-order valence-electron chi connectivity index (χ0n) is 6.98. The number of aromatic nitrogens is 3. The summed E-state index contributed by atoms with van der Waals surface area (Å²) >= 11 is 5.55. The molecule has 0 fully saturated rings. The van der Waals surface area contributed by atoms with Crippen LogP contribution in [0.5, 0.6) is 0 Å². The summed E-state index contributed by atoms with van der Waals surface area (Å²) in [6.45, 7) is 0.